The Balaban J connectivity index is 1.62. The smallest absolute Gasteiger partial charge is 0.227 e. The molecule has 7 nitrogen and oxygen atoms in total. The van der Waals surface area contributed by atoms with Gasteiger partial charge in [0.15, 0.2) is 5.82 Å². The van der Waals surface area contributed by atoms with Crippen LogP contribution in [0.25, 0.3) is 0 Å². The molecule has 0 spiro atoms. The minimum Gasteiger partial charge on any atom is -0.340 e. The number of thiophene rings is 1. The van der Waals surface area contributed by atoms with Crippen molar-refractivity contribution < 1.29 is 4.79 Å². The van der Waals surface area contributed by atoms with Gasteiger partial charge in [-0.2, -0.15) is 11.3 Å². The summed E-state index contributed by atoms with van der Waals surface area (Å²) in [4.78, 5) is 17.4. The average molecular weight is 403 g/mol. The van der Waals surface area contributed by atoms with Crippen LogP contribution in [0.2, 0.25) is 0 Å². The molecule has 2 aromatic heterocycles. The molecule has 8 heteroatoms. The number of amides is 1. The van der Waals surface area contributed by atoms with E-state index in [4.69, 9.17) is 0 Å². The van der Waals surface area contributed by atoms with Crippen LogP contribution < -0.4 is 0 Å². The van der Waals surface area contributed by atoms with E-state index < -0.39 is 0 Å². The van der Waals surface area contributed by atoms with E-state index in [1.807, 2.05) is 16.3 Å². The molecule has 2 fully saturated rings. The average Bonchev–Trinajstić information content (AvgIpc) is 3.48. The van der Waals surface area contributed by atoms with Gasteiger partial charge < -0.3 is 4.90 Å². The maximum Gasteiger partial charge on any atom is 0.227 e. The lowest BCUT2D eigenvalue weighted by atomic mass is 9.94. The number of carbonyl (C=O) groups is 1. The topological polar surface area (TPSA) is 67.2 Å². The maximum absolute atomic E-state index is 13.0. The highest BCUT2D eigenvalue weighted by Gasteiger charge is 2.49. The number of nitrogens with zero attached hydrogens (tertiary/aromatic N) is 6. The van der Waals surface area contributed by atoms with E-state index in [9.17, 15) is 4.79 Å². The zero-order chi connectivity index (χ0) is 19.6. The first-order chi connectivity index (χ1) is 13.7. The quantitative estimate of drug-likeness (QED) is 0.712. The lowest BCUT2D eigenvalue weighted by Crippen LogP contribution is -2.50. The summed E-state index contributed by atoms with van der Waals surface area (Å²) in [7, 11) is 0. The van der Waals surface area contributed by atoms with Crippen molar-refractivity contribution in [1.82, 2.24) is 30.0 Å². The van der Waals surface area contributed by atoms with Gasteiger partial charge in [0.05, 0.1) is 12.5 Å². The number of likely N-dealkylation sites (N-methyl/N-ethyl adjacent to an activating group) is 1. The van der Waals surface area contributed by atoms with Gasteiger partial charge in [0, 0.05) is 13.1 Å². The number of hydrogen-bond donors (Lipinski definition) is 0. The molecule has 4 rings (SSSR count). The second kappa shape index (κ2) is 8.29. The summed E-state index contributed by atoms with van der Waals surface area (Å²) in [6.07, 6.45) is 6.14. The zero-order valence-corrected chi connectivity index (χ0v) is 17.7. The second-order valence-corrected chi connectivity index (χ2v) is 8.74. The fourth-order valence-electron chi connectivity index (χ4n) is 4.99. The SMILES string of the molecule is CCN(CC)C1(c2nnnn2C2CCCC2)CCN(C(=O)Cc2ccsc2)C1. The van der Waals surface area contributed by atoms with Crippen LogP contribution in [-0.4, -0.2) is 62.1 Å². The van der Waals surface area contributed by atoms with Crippen molar-refractivity contribution in [3.8, 4) is 0 Å². The normalized spacial score (nSPS) is 23.2. The monoisotopic (exact) mass is 402 g/mol. The maximum atomic E-state index is 13.0. The highest BCUT2D eigenvalue weighted by atomic mass is 32.1. The van der Waals surface area contributed by atoms with Gasteiger partial charge in [-0.25, -0.2) is 4.68 Å². The zero-order valence-electron chi connectivity index (χ0n) is 16.9. The molecule has 0 bridgehead atoms. The van der Waals surface area contributed by atoms with Crippen molar-refractivity contribution in [1.29, 1.82) is 0 Å². The first-order valence-corrected chi connectivity index (χ1v) is 11.4. The third kappa shape index (κ3) is 3.48. The van der Waals surface area contributed by atoms with Gasteiger partial charge in [0.1, 0.15) is 5.54 Å². The number of rotatable bonds is 7. The van der Waals surface area contributed by atoms with Gasteiger partial charge in [0.2, 0.25) is 5.91 Å². The van der Waals surface area contributed by atoms with E-state index in [1.54, 1.807) is 11.3 Å². The van der Waals surface area contributed by atoms with Gasteiger partial charge in [-0.1, -0.05) is 26.7 Å². The van der Waals surface area contributed by atoms with Crippen molar-refractivity contribution in [3.05, 3.63) is 28.2 Å². The van der Waals surface area contributed by atoms with Crippen LogP contribution >= 0.6 is 11.3 Å². The van der Waals surface area contributed by atoms with Crippen LogP contribution in [0.4, 0.5) is 0 Å². The van der Waals surface area contributed by atoms with Gasteiger partial charge in [-0.3, -0.25) is 9.69 Å². The van der Waals surface area contributed by atoms with Gasteiger partial charge >= 0.3 is 0 Å². The fourth-order valence-corrected chi connectivity index (χ4v) is 5.66. The molecule has 3 heterocycles. The third-order valence-corrected chi connectivity index (χ3v) is 7.22. The van der Waals surface area contributed by atoms with E-state index >= 15 is 0 Å². The molecule has 0 N–H and O–H groups in total. The molecular weight excluding hydrogens is 372 g/mol. The van der Waals surface area contributed by atoms with Crippen LogP contribution in [0.3, 0.4) is 0 Å². The Hall–Kier alpha value is -1.80. The first-order valence-electron chi connectivity index (χ1n) is 10.5. The second-order valence-electron chi connectivity index (χ2n) is 7.96. The highest BCUT2D eigenvalue weighted by molar-refractivity contribution is 7.08. The molecule has 2 aliphatic rings. The highest BCUT2D eigenvalue weighted by Crippen LogP contribution is 2.39. The molecule has 1 saturated heterocycles. The number of likely N-dealkylation sites (tertiary alicyclic amines) is 1. The Morgan fingerprint density at radius 2 is 2.11 bits per heavy atom. The molecular formula is C20H30N6OS. The first kappa shape index (κ1) is 19.5. The Morgan fingerprint density at radius 3 is 2.79 bits per heavy atom. The predicted molar refractivity (Wildman–Crippen MR) is 109 cm³/mol. The van der Waals surface area contributed by atoms with Crippen LogP contribution in [0.15, 0.2) is 16.8 Å². The fraction of sp³-hybridized carbons (Fsp3) is 0.700. The number of carbonyl (C=O) groups excluding carboxylic acids is 1. The number of aromatic nitrogens is 4. The summed E-state index contributed by atoms with van der Waals surface area (Å²) in [5, 5.41) is 17.1. The molecule has 0 radical (unpaired) electrons. The Bertz CT molecular complexity index is 780. The van der Waals surface area contributed by atoms with E-state index in [-0.39, 0.29) is 11.4 Å². The van der Waals surface area contributed by atoms with E-state index in [0.717, 1.165) is 50.3 Å². The van der Waals surface area contributed by atoms with Gasteiger partial charge in [-0.15, -0.1) is 5.10 Å². The standard InChI is InChI=1S/C20H30N6OS/c1-3-25(4-2)20(19-21-22-23-26(19)17-7-5-6-8-17)10-11-24(15-20)18(27)13-16-9-12-28-14-16/h9,12,14,17H,3-8,10-11,13,15H2,1-2H3. The van der Waals surface area contributed by atoms with E-state index in [2.05, 4.69) is 44.3 Å². The Labute approximate surface area is 170 Å². The lowest BCUT2D eigenvalue weighted by molar-refractivity contribution is -0.130. The minimum absolute atomic E-state index is 0.201. The van der Waals surface area contributed by atoms with E-state index in [1.165, 1.54) is 12.8 Å². The molecule has 1 aliphatic heterocycles. The summed E-state index contributed by atoms with van der Waals surface area (Å²) in [5.41, 5.74) is 0.811. The summed E-state index contributed by atoms with van der Waals surface area (Å²) < 4.78 is 2.08. The summed E-state index contributed by atoms with van der Waals surface area (Å²) in [6, 6.07) is 2.43. The van der Waals surface area contributed by atoms with Crippen molar-refractivity contribution in [2.24, 2.45) is 0 Å². The summed E-state index contributed by atoms with van der Waals surface area (Å²) >= 11 is 1.64. The van der Waals surface area contributed by atoms with E-state index in [0.29, 0.717) is 19.0 Å². The molecule has 28 heavy (non-hydrogen) atoms. The van der Waals surface area contributed by atoms with Crippen LogP contribution in [0.5, 0.6) is 0 Å². The summed E-state index contributed by atoms with van der Waals surface area (Å²) in [6.45, 7) is 7.64. The van der Waals surface area contributed by atoms with Gasteiger partial charge in [-0.05, 0) is 65.2 Å². The molecule has 1 saturated carbocycles. The van der Waals surface area contributed by atoms with Crippen molar-refractivity contribution in [2.45, 2.75) is 64.0 Å². The van der Waals surface area contributed by atoms with Crippen molar-refractivity contribution >= 4 is 17.2 Å². The van der Waals surface area contributed by atoms with Crippen molar-refractivity contribution in [2.75, 3.05) is 26.2 Å². The molecule has 0 aromatic carbocycles. The van der Waals surface area contributed by atoms with Gasteiger partial charge in [0.25, 0.3) is 0 Å². The number of tetrazole rings is 1. The molecule has 152 valence electrons. The van der Waals surface area contributed by atoms with Crippen LogP contribution in [0.1, 0.15) is 63.4 Å². The van der Waals surface area contributed by atoms with Crippen molar-refractivity contribution in [3.63, 3.8) is 0 Å². The molecule has 2 aromatic rings. The Morgan fingerprint density at radius 1 is 1.32 bits per heavy atom. The summed E-state index contributed by atoms with van der Waals surface area (Å²) in [5.74, 6) is 1.15. The molecule has 1 aliphatic carbocycles. The molecule has 1 unspecified atom stereocenters. The molecule has 1 amide bonds. The predicted octanol–water partition coefficient (Wildman–Crippen LogP) is 2.86. The largest absolute Gasteiger partial charge is 0.340 e. The van der Waals surface area contributed by atoms with Crippen LogP contribution in [0, 0.1) is 0 Å². The molecule has 1 atom stereocenters. The third-order valence-electron chi connectivity index (χ3n) is 6.48. The van der Waals surface area contributed by atoms with Crippen LogP contribution in [-0.2, 0) is 16.8 Å². The Kier molecular flexibility index (Phi) is 5.78. The lowest BCUT2D eigenvalue weighted by Gasteiger charge is -2.39. The number of hydrogen-bond acceptors (Lipinski definition) is 6. The minimum atomic E-state index is -0.292.